The first-order chi connectivity index (χ1) is 10.2. The van der Waals surface area contributed by atoms with Gasteiger partial charge in [0.05, 0.1) is 18.4 Å². The molecule has 1 atom stereocenters. The van der Waals surface area contributed by atoms with Crippen LogP contribution >= 0.6 is 0 Å². The summed E-state index contributed by atoms with van der Waals surface area (Å²) in [4.78, 5) is 13.9. The van der Waals surface area contributed by atoms with E-state index in [0.717, 1.165) is 51.3 Å². The van der Waals surface area contributed by atoms with Gasteiger partial charge in [0.15, 0.2) is 0 Å². The lowest BCUT2D eigenvalue weighted by atomic mass is 10.1. The zero-order valence-corrected chi connectivity index (χ0v) is 13.1. The number of aromatic nitrogens is 2. The summed E-state index contributed by atoms with van der Waals surface area (Å²) in [6, 6.07) is 0.216. The van der Waals surface area contributed by atoms with Crippen LogP contribution < -0.4 is 10.6 Å². The van der Waals surface area contributed by atoms with E-state index in [2.05, 4.69) is 34.5 Å². The fourth-order valence-corrected chi connectivity index (χ4v) is 2.68. The van der Waals surface area contributed by atoms with Gasteiger partial charge in [0.1, 0.15) is 0 Å². The van der Waals surface area contributed by atoms with Crippen molar-refractivity contribution in [2.45, 2.75) is 45.7 Å². The van der Waals surface area contributed by atoms with Gasteiger partial charge in [0, 0.05) is 31.7 Å². The number of rotatable bonds is 7. The lowest BCUT2D eigenvalue weighted by Crippen LogP contribution is -2.27. The van der Waals surface area contributed by atoms with Gasteiger partial charge in [0.25, 0.3) is 0 Å². The molecule has 1 fully saturated rings. The van der Waals surface area contributed by atoms with Crippen molar-refractivity contribution in [2.24, 2.45) is 0 Å². The normalized spacial score (nSPS) is 19.4. The van der Waals surface area contributed by atoms with E-state index in [4.69, 9.17) is 0 Å². The number of anilines is 1. The van der Waals surface area contributed by atoms with Crippen molar-refractivity contribution in [3.05, 3.63) is 12.4 Å². The molecule has 21 heavy (non-hydrogen) atoms. The van der Waals surface area contributed by atoms with E-state index in [-0.39, 0.29) is 11.9 Å². The van der Waals surface area contributed by atoms with Crippen LogP contribution in [0.1, 0.15) is 33.1 Å². The number of hydrogen-bond acceptors (Lipinski definition) is 4. The van der Waals surface area contributed by atoms with Crippen molar-refractivity contribution in [2.75, 3.05) is 31.5 Å². The van der Waals surface area contributed by atoms with Crippen LogP contribution in [0.4, 0.5) is 5.69 Å². The molecule has 6 heteroatoms. The van der Waals surface area contributed by atoms with E-state index in [1.165, 1.54) is 0 Å². The second-order valence-corrected chi connectivity index (χ2v) is 5.56. The zero-order valence-electron chi connectivity index (χ0n) is 13.1. The molecule has 1 aliphatic rings. The van der Waals surface area contributed by atoms with E-state index in [1.54, 1.807) is 0 Å². The van der Waals surface area contributed by atoms with E-state index in [9.17, 15) is 4.79 Å². The molecule has 0 saturated carbocycles. The van der Waals surface area contributed by atoms with Gasteiger partial charge in [0.2, 0.25) is 5.91 Å². The minimum atomic E-state index is 0.138. The molecule has 1 aliphatic heterocycles. The molecule has 1 aromatic heterocycles. The molecular formula is C15H27N5O. The Morgan fingerprint density at radius 3 is 3.05 bits per heavy atom. The van der Waals surface area contributed by atoms with Gasteiger partial charge in [-0.25, -0.2) is 0 Å². The number of amides is 1. The SMILES string of the molecule is CCN(CC)CCn1cc(NC2CCCNC(=O)C2)cn1. The van der Waals surface area contributed by atoms with Crippen molar-refractivity contribution in [1.29, 1.82) is 0 Å². The van der Waals surface area contributed by atoms with Crippen LogP contribution in [0.3, 0.4) is 0 Å². The first-order valence-electron chi connectivity index (χ1n) is 7.99. The summed E-state index contributed by atoms with van der Waals surface area (Å²) in [5.74, 6) is 0.138. The molecule has 1 unspecified atom stereocenters. The largest absolute Gasteiger partial charge is 0.379 e. The number of nitrogens with one attached hydrogen (secondary N) is 2. The number of hydrogen-bond donors (Lipinski definition) is 2. The number of likely N-dealkylation sites (N-methyl/N-ethyl adjacent to an activating group) is 1. The summed E-state index contributed by atoms with van der Waals surface area (Å²) < 4.78 is 1.97. The molecule has 0 bridgehead atoms. The highest BCUT2D eigenvalue weighted by atomic mass is 16.1. The lowest BCUT2D eigenvalue weighted by molar-refractivity contribution is -0.120. The van der Waals surface area contributed by atoms with Gasteiger partial charge in [-0.15, -0.1) is 0 Å². The maximum Gasteiger partial charge on any atom is 0.222 e. The molecule has 1 amide bonds. The molecule has 2 heterocycles. The van der Waals surface area contributed by atoms with Crippen molar-refractivity contribution in [3.8, 4) is 0 Å². The molecule has 0 aromatic carbocycles. The Labute approximate surface area is 126 Å². The maximum atomic E-state index is 11.6. The van der Waals surface area contributed by atoms with Crippen LogP contribution in [-0.2, 0) is 11.3 Å². The minimum absolute atomic E-state index is 0.138. The summed E-state index contributed by atoms with van der Waals surface area (Å²) in [6.45, 7) is 9.20. The molecule has 2 rings (SSSR count). The standard InChI is InChI=1S/C15H27N5O/c1-3-19(4-2)8-9-20-12-14(11-17-20)18-13-6-5-7-16-15(21)10-13/h11-13,18H,3-10H2,1-2H3,(H,16,21). The Morgan fingerprint density at radius 2 is 2.29 bits per heavy atom. The highest BCUT2D eigenvalue weighted by molar-refractivity contribution is 5.77. The second kappa shape index (κ2) is 8.02. The quantitative estimate of drug-likeness (QED) is 0.795. The highest BCUT2D eigenvalue weighted by Gasteiger charge is 2.17. The average Bonchev–Trinajstić information content (AvgIpc) is 2.81. The average molecular weight is 293 g/mol. The van der Waals surface area contributed by atoms with Crippen LogP contribution in [0.5, 0.6) is 0 Å². The number of nitrogens with zero attached hydrogens (tertiary/aromatic N) is 3. The molecule has 0 aliphatic carbocycles. The third-order valence-corrected chi connectivity index (χ3v) is 4.03. The van der Waals surface area contributed by atoms with Crippen molar-refractivity contribution < 1.29 is 4.79 Å². The molecule has 0 radical (unpaired) electrons. The van der Waals surface area contributed by atoms with Gasteiger partial charge >= 0.3 is 0 Å². The fourth-order valence-electron chi connectivity index (χ4n) is 2.68. The minimum Gasteiger partial charge on any atom is -0.379 e. The van der Waals surface area contributed by atoms with E-state index in [0.29, 0.717) is 6.42 Å². The molecule has 118 valence electrons. The summed E-state index contributed by atoms with van der Waals surface area (Å²) in [5.41, 5.74) is 1.01. The predicted molar refractivity (Wildman–Crippen MR) is 84.3 cm³/mol. The monoisotopic (exact) mass is 293 g/mol. The second-order valence-electron chi connectivity index (χ2n) is 5.56. The van der Waals surface area contributed by atoms with Crippen LogP contribution in [0, 0.1) is 0 Å². The first-order valence-corrected chi connectivity index (χ1v) is 7.99. The Hall–Kier alpha value is -1.56. The van der Waals surface area contributed by atoms with Gasteiger partial charge < -0.3 is 15.5 Å². The van der Waals surface area contributed by atoms with E-state index in [1.807, 2.05) is 17.1 Å². The summed E-state index contributed by atoms with van der Waals surface area (Å²) in [7, 11) is 0. The van der Waals surface area contributed by atoms with Crippen LogP contribution in [-0.4, -0.2) is 52.8 Å². The molecular weight excluding hydrogens is 266 g/mol. The Morgan fingerprint density at radius 1 is 1.48 bits per heavy atom. The topological polar surface area (TPSA) is 62.2 Å². The smallest absolute Gasteiger partial charge is 0.222 e. The zero-order chi connectivity index (χ0) is 15.1. The van der Waals surface area contributed by atoms with Crippen molar-refractivity contribution in [3.63, 3.8) is 0 Å². The third kappa shape index (κ3) is 5.04. The van der Waals surface area contributed by atoms with Gasteiger partial charge in [-0.05, 0) is 25.9 Å². The third-order valence-electron chi connectivity index (χ3n) is 4.03. The Bertz CT molecular complexity index is 441. The van der Waals surface area contributed by atoms with Crippen molar-refractivity contribution >= 4 is 11.6 Å². The Balaban J connectivity index is 1.83. The molecule has 6 nitrogen and oxygen atoms in total. The van der Waals surface area contributed by atoms with E-state index >= 15 is 0 Å². The van der Waals surface area contributed by atoms with E-state index < -0.39 is 0 Å². The van der Waals surface area contributed by atoms with Gasteiger partial charge in [-0.3, -0.25) is 9.48 Å². The number of carbonyl (C=O) groups excluding carboxylic acids is 1. The van der Waals surface area contributed by atoms with Crippen LogP contribution in [0.25, 0.3) is 0 Å². The van der Waals surface area contributed by atoms with Gasteiger partial charge in [-0.1, -0.05) is 13.8 Å². The molecule has 0 spiro atoms. The first kappa shape index (κ1) is 15.8. The molecule has 2 N–H and O–H groups in total. The highest BCUT2D eigenvalue weighted by Crippen LogP contribution is 2.14. The number of carbonyl (C=O) groups is 1. The Kier molecular flexibility index (Phi) is 6.04. The van der Waals surface area contributed by atoms with Crippen LogP contribution in [0.2, 0.25) is 0 Å². The summed E-state index contributed by atoms with van der Waals surface area (Å²) >= 11 is 0. The molecule has 1 aromatic rings. The summed E-state index contributed by atoms with van der Waals surface area (Å²) in [6.07, 6.45) is 6.48. The van der Waals surface area contributed by atoms with Crippen LogP contribution in [0.15, 0.2) is 12.4 Å². The molecule has 1 saturated heterocycles. The van der Waals surface area contributed by atoms with Gasteiger partial charge in [-0.2, -0.15) is 5.10 Å². The lowest BCUT2D eigenvalue weighted by Gasteiger charge is -2.17. The predicted octanol–water partition coefficient (Wildman–Crippen LogP) is 1.31. The summed E-state index contributed by atoms with van der Waals surface area (Å²) in [5, 5.41) is 10.7. The fraction of sp³-hybridized carbons (Fsp3) is 0.733. The maximum absolute atomic E-state index is 11.6. The van der Waals surface area contributed by atoms with Crippen molar-refractivity contribution in [1.82, 2.24) is 20.0 Å².